The van der Waals surface area contributed by atoms with Gasteiger partial charge in [-0.1, -0.05) is 0 Å². The summed E-state index contributed by atoms with van der Waals surface area (Å²) in [6.07, 6.45) is 6.70. The summed E-state index contributed by atoms with van der Waals surface area (Å²) in [5, 5.41) is 0. The lowest BCUT2D eigenvalue weighted by Gasteiger charge is -2.27. The molecule has 0 radical (unpaired) electrons. The van der Waals surface area contributed by atoms with Gasteiger partial charge in [-0.15, -0.1) is 0 Å². The van der Waals surface area contributed by atoms with E-state index in [9.17, 15) is 0 Å². The standard InChI is InChI=1S/C12H15N5S/c1-16-5-3-13-11(16)8-17-4-2-10-9(7-17)6-14-12(18)15-10/h3,5-6H,2,4,7-8H2,1H3,(H,14,15,18). The third-order valence-electron chi connectivity index (χ3n) is 3.34. The van der Waals surface area contributed by atoms with Crippen LogP contribution in [0.2, 0.25) is 0 Å². The molecular formula is C12H15N5S. The third-order valence-corrected chi connectivity index (χ3v) is 3.55. The summed E-state index contributed by atoms with van der Waals surface area (Å²) in [6, 6.07) is 0. The first-order valence-corrected chi connectivity index (χ1v) is 6.39. The molecule has 0 aromatic carbocycles. The van der Waals surface area contributed by atoms with Gasteiger partial charge in [-0.2, -0.15) is 0 Å². The first kappa shape index (κ1) is 11.6. The Morgan fingerprint density at radius 2 is 2.33 bits per heavy atom. The smallest absolute Gasteiger partial charge is 0.196 e. The van der Waals surface area contributed by atoms with Crippen LogP contribution in [-0.4, -0.2) is 31.0 Å². The fourth-order valence-corrected chi connectivity index (χ4v) is 2.46. The van der Waals surface area contributed by atoms with E-state index in [4.69, 9.17) is 12.2 Å². The van der Waals surface area contributed by atoms with Crippen LogP contribution in [0.15, 0.2) is 18.6 Å². The molecule has 2 aromatic rings. The molecule has 2 aromatic heterocycles. The Morgan fingerprint density at radius 1 is 1.44 bits per heavy atom. The number of H-pyrrole nitrogens is 1. The number of fused-ring (bicyclic) bond motifs is 1. The van der Waals surface area contributed by atoms with Gasteiger partial charge in [0.05, 0.1) is 6.54 Å². The van der Waals surface area contributed by atoms with Crippen LogP contribution in [0.25, 0.3) is 0 Å². The topological polar surface area (TPSA) is 49.7 Å². The lowest BCUT2D eigenvalue weighted by molar-refractivity contribution is 0.234. The predicted octanol–water partition coefficient (Wildman–Crippen LogP) is 1.43. The summed E-state index contributed by atoms with van der Waals surface area (Å²) in [5.41, 5.74) is 2.47. The molecule has 0 fully saturated rings. The zero-order valence-electron chi connectivity index (χ0n) is 10.3. The molecule has 0 saturated carbocycles. The number of imidazole rings is 1. The Kier molecular flexibility index (Phi) is 2.97. The van der Waals surface area contributed by atoms with Crippen LogP contribution >= 0.6 is 12.2 Å². The van der Waals surface area contributed by atoms with E-state index >= 15 is 0 Å². The number of hydrogen-bond acceptors (Lipinski definition) is 4. The predicted molar refractivity (Wildman–Crippen MR) is 70.4 cm³/mol. The molecule has 6 heteroatoms. The molecule has 0 atom stereocenters. The minimum Gasteiger partial charge on any atom is -0.337 e. The van der Waals surface area contributed by atoms with Crippen molar-refractivity contribution >= 4 is 12.2 Å². The van der Waals surface area contributed by atoms with Crippen LogP contribution in [0, 0.1) is 4.77 Å². The van der Waals surface area contributed by atoms with E-state index in [1.54, 1.807) is 0 Å². The molecule has 0 unspecified atom stereocenters. The van der Waals surface area contributed by atoms with Crippen LogP contribution in [0.5, 0.6) is 0 Å². The highest BCUT2D eigenvalue weighted by Crippen LogP contribution is 2.17. The van der Waals surface area contributed by atoms with Crippen molar-refractivity contribution in [1.82, 2.24) is 24.4 Å². The molecule has 0 bridgehead atoms. The highest BCUT2D eigenvalue weighted by Gasteiger charge is 2.18. The van der Waals surface area contributed by atoms with Crippen LogP contribution < -0.4 is 0 Å². The second kappa shape index (κ2) is 4.62. The first-order valence-electron chi connectivity index (χ1n) is 5.98. The Balaban J connectivity index is 1.77. The largest absolute Gasteiger partial charge is 0.337 e. The van der Waals surface area contributed by atoms with E-state index in [0.29, 0.717) is 4.77 Å². The third kappa shape index (κ3) is 2.21. The molecule has 0 spiro atoms. The van der Waals surface area contributed by atoms with Gasteiger partial charge >= 0.3 is 0 Å². The molecule has 3 heterocycles. The molecule has 94 valence electrons. The average Bonchev–Trinajstić information content (AvgIpc) is 2.75. The first-order chi connectivity index (χ1) is 8.72. The second-order valence-electron chi connectivity index (χ2n) is 4.61. The summed E-state index contributed by atoms with van der Waals surface area (Å²) in [7, 11) is 2.03. The van der Waals surface area contributed by atoms with Crippen molar-refractivity contribution in [3.8, 4) is 0 Å². The number of aromatic nitrogens is 4. The zero-order valence-corrected chi connectivity index (χ0v) is 11.1. The van der Waals surface area contributed by atoms with Gasteiger partial charge in [-0.25, -0.2) is 9.97 Å². The summed E-state index contributed by atoms with van der Waals surface area (Å²) in [4.78, 5) is 14.1. The monoisotopic (exact) mass is 261 g/mol. The van der Waals surface area contributed by atoms with E-state index in [0.717, 1.165) is 31.9 Å². The van der Waals surface area contributed by atoms with Crippen molar-refractivity contribution in [2.75, 3.05) is 6.54 Å². The van der Waals surface area contributed by atoms with Gasteiger partial charge in [0, 0.05) is 56.4 Å². The Bertz CT molecular complexity index is 615. The number of aryl methyl sites for hydroxylation is 1. The zero-order chi connectivity index (χ0) is 12.5. The number of nitrogens with one attached hydrogen (secondary N) is 1. The maximum Gasteiger partial charge on any atom is 0.196 e. The van der Waals surface area contributed by atoms with Gasteiger partial charge in [-0.05, 0) is 12.2 Å². The molecule has 1 aliphatic heterocycles. The van der Waals surface area contributed by atoms with Crippen LogP contribution in [-0.2, 0) is 26.6 Å². The minimum atomic E-state index is 0.575. The highest BCUT2D eigenvalue weighted by molar-refractivity contribution is 7.71. The number of aromatic amines is 1. The van der Waals surface area contributed by atoms with E-state index < -0.39 is 0 Å². The van der Waals surface area contributed by atoms with Crippen LogP contribution in [0.4, 0.5) is 0 Å². The molecule has 18 heavy (non-hydrogen) atoms. The van der Waals surface area contributed by atoms with Crippen molar-refractivity contribution in [3.63, 3.8) is 0 Å². The fraction of sp³-hybridized carbons (Fsp3) is 0.417. The van der Waals surface area contributed by atoms with Gasteiger partial charge in [0.2, 0.25) is 0 Å². The van der Waals surface area contributed by atoms with Gasteiger partial charge in [0.25, 0.3) is 0 Å². The molecule has 3 rings (SSSR count). The van der Waals surface area contributed by atoms with E-state index in [-0.39, 0.29) is 0 Å². The fourth-order valence-electron chi connectivity index (χ4n) is 2.29. The number of nitrogens with zero attached hydrogens (tertiary/aromatic N) is 4. The Labute approximate surface area is 111 Å². The molecule has 1 aliphatic rings. The van der Waals surface area contributed by atoms with E-state index in [1.807, 2.05) is 25.6 Å². The van der Waals surface area contributed by atoms with Gasteiger partial charge < -0.3 is 9.55 Å². The summed E-state index contributed by atoms with van der Waals surface area (Å²) in [6.45, 7) is 2.80. The van der Waals surface area contributed by atoms with Gasteiger partial charge in [0.1, 0.15) is 5.82 Å². The SMILES string of the molecule is Cn1ccnc1CN1CCc2[nH]c(=S)ncc2C1. The van der Waals surface area contributed by atoms with E-state index in [1.165, 1.54) is 11.3 Å². The number of hydrogen-bond donors (Lipinski definition) is 1. The normalized spacial score (nSPS) is 15.6. The van der Waals surface area contributed by atoms with Crippen LogP contribution in [0.1, 0.15) is 17.1 Å². The molecule has 5 nitrogen and oxygen atoms in total. The van der Waals surface area contributed by atoms with E-state index in [2.05, 4.69) is 24.4 Å². The molecular weight excluding hydrogens is 246 g/mol. The second-order valence-corrected chi connectivity index (χ2v) is 4.99. The van der Waals surface area contributed by atoms with Gasteiger partial charge in [0.15, 0.2) is 4.77 Å². The maximum absolute atomic E-state index is 5.04. The Morgan fingerprint density at radius 3 is 3.11 bits per heavy atom. The van der Waals surface area contributed by atoms with Crippen molar-refractivity contribution in [3.05, 3.63) is 40.4 Å². The quantitative estimate of drug-likeness (QED) is 0.831. The summed E-state index contributed by atoms with van der Waals surface area (Å²) < 4.78 is 2.64. The lowest BCUT2D eigenvalue weighted by Crippen LogP contribution is -2.31. The van der Waals surface area contributed by atoms with Crippen molar-refractivity contribution in [1.29, 1.82) is 0 Å². The molecule has 0 amide bonds. The maximum atomic E-state index is 5.04. The Hall–Kier alpha value is -1.53. The molecule has 0 saturated heterocycles. The van der Waals surface area contributed by atoms with Crippen LogP contribution in [0.3, 0.4) is 0 Å². The molecule has 1 N–H and O–H groups in total. The van der Waals surface area contributed by atoms with Crippen molar-refractivity contribution in [2.24, 2.45) is 7.05 Å². The lowest BCUT2D eigenvalue weighted by atomic mass is 10.1. The highest BCUT2D eigenvalue weighted by atomic mass is 32.1. The van der Waals surface area contributed by atoms with Crippen molar-refractivity contribution in [2.45, 2.75) is 19.5 Å². The average molecular weight is 261 g/mol. The van der Waals surface area contributed by atoms with Gasteiger partial charge in [-0.3, -0.25) is 4.90 Å². The summed E-state index contributed by atoms with van der Waals surface area (Å²) in [5.74, 6) is 1.09. The van der Waals surface area contributed by atoms with Crippen molar-refractivity contribution < 1.29 is 0 Å². The minimum absolute atomic E-state index is 0.575. The summed E-state index contributed by atoms with van der Waals surface area (Å²) >= 11 is 5.04. The molecule has 0 aliphatic carbocycles. The number of rotatable bonds is 2.